The summed E-state index contributed by atoms with van der Waals surface area (Å²) >= 11 is 2.54. The fraction of sp³-hybridized carbons (Fsp3) is 0.226. The largest absolute Gasteiger partial charge is 0.507 e. The summed E-state index contributed by atoms with van der Waals surface area (Å²) in [6, 6.07) is 18.9. The first-order valence-corrected chi connectivity index (χ1v) is 15.1. The van der Waals surface area contributed by atoms with E-state index in [0.29, 0.717) is 39.3 Å². The normalized spacial score (nSPS) is 16.2. The molecule has 216 valence electrons. The molecule has 1 atom stereocenters. The minimum atomic E-state index is -0.945. The first-order valence-electron chi connectivity index (χ1n) is 13.3. The Morgan fingerprint density at radius 2 is 1.69 bits per heavy atom. The Bertz CT molecular complexity index is 1590. The first kappa shape index (κ1) is 29.3. The van der Waals surface area contributed by atoms with Crippen molar-refractivity contribution >= 4 is 45.7 Å². The number of carbonyl (C=O) groups excluding carboxylic acids is 2. The molecule has 42 heavy (non-hydrogen) atoms. The summed E-state index contributed by atoms with van der Waals surface area (Å²) in [6.45, 7) is 2.66. The van der Waals surface area contributed by atoms with E-state index in [2.05, 4.69) is 17.1 Å². The molecule has 0 spiro atoms. The number of aliphatic hydroxyl groups is 1. The van der Waals surface area contributed by atoms with Gasteiger partial charge in [-0.3, -0.25) is 14.5 Å². The highest BCUT2D eigenvalue weighted by atomic mass is 32.2. The number of nitrogens with zero attached hydrogens (tertiary/aromatic N) is 3. The number of ketones is 1. The molecule has 1 saturated heterocycles. The number of hydrogen-bond donors (Lipinski definition) is 1. The highest BCUT2D eigenvalue weighted by Crippen LogP contribution is 2.44. The van der Waals surface area contributed by atoms with Gasteiger partial charge in [-0.1, -0.05) is 60.7 Å². The van der Waals surface area contributed by atoms with Gasteiger partial charge >= 0.3 is 5.91 Å². The third-order valence-corrected chi connectivity index (χ3v) is 8.77. The van der Waals surface area contributed by atoms with Crippen molar-refractivity contribution in [2.75, 3.05) is 18.6 Å². The van der Waals surface area contributed by atoms with Gasteiger partial charge in [0.1, 0.15) is 23.1 Å². The molecule has 1 aliphatic heterocycles. The maximum atomic E-state index is 13.5. The number of Topliss-reactive ketones (excluding diaryl/α,β-unsaturated/α-hetero) is 1. The molecule has 0 bridgehead atoms. The van der Waals surface area contributed by atoms with Gasteiger partial charge in [0.05, 0.1) is 25.3 Å². The topological polar surface area (TPSA) is 102 Å². The molecule has 3 aromatic carbocycles. The number of benzene rings is 3. The van der Waals surface area contributed by atoms with Crippen molar-refractivity contribution < 1.29 is 28.6 Å². The summed E-state index contributed by atoms with van der Waals surface area (Å²) in [4.78, 5) is 28.2. The van der Waals surface area contributed by atoms with Crippen LogP contribution >= 0.6 is 23.1 Å². The van der Waals surface area contributed by atoms with Crippen LogP contribution in [0.2, 0.25) is 0 Å². The van der Waals surface area contributed by atoms with E-state index < -0.39 is 17.7 Å². The van der Waals surface area contributed by atoms with Gasteiger partial charge in [-0.15, -0.1) is 10.2 Å². The lowest BCUT2D eigenvalue weighted by Crippen LogP contribution is -2.29. The van der Waals surface area contributed by atoms with Gasteiger partial charge in [-0.05, 0) is 66.1 Å². The number of unbranched alkanes of at least 4 members (excludes halogenated alkanes) is 1. The lowest BCUT2D eigenvalue weighted by Gasteiger charge is -2.22. The smallest absolute Gasteiger partial charge is 0.301 e. The number of anilines is 1. The molecule has 11 heteroatoms. The molecule has 1 N–H and O–H groups in total. The van der Waals surface area contributed by atoms with Crippen molar-refractivity contribution in [3.05, 3.63) is 101 Å². The molecule has 1 aliphatic rings. The molecule has 0 saturated carbocycles. The molecular formula is C31H28FN3O5S2. The lowest BCUT2D eigenvalue weighted by atomic mass is 9.95. The van der Waals surface area contributed by atoms with Crippen LogP contribution in [-0.2, 0) is 15.3 Å². The summed E-state index contributed by atoms with van der Waals surface area (Å²) in [5.74, 6) is -0.487. The van der Waals surface area contributed by atoms with E-state index in [9.17, 15) is 19.1 Å². The summed E-state index contributed by atoms with van der Waals surface area (Å²) < 4.78 is 24.8. The summed E-state index contributed by atoms with van der Waals surface area (Å²) in [5.41, 5.74) is 1.81. The highest BCUT2D eigenvalue weighted by Gasteiger charge is 2.48. The van der Waals surface area contributed by atoms with Crippen molar-refractivity contribution in [2.24, 2.45) is 0 Å². The minimum Gasteiger partial charge on any atom is -0.507 e. The van der Waals surface area contributed by atoms with Crippen LogP contribution in [0.15, 0.2) is 82.7 Å². The van der Waals surface area contributed by atoms with Gasteiger partial charge < -0.3 is 14.6 Å². The Morgan fingerprint density at radius 3 is 2.36 bits per heavy atom. The third kappa shape index (κ3) is 6.32. The molecule has 5 rings (SSSR count). The van der Waals surface area contributed by atoms with Gasteiger partial charge in [0.2, 0.25) is 5.13 Å². The van der Waals surface area contributed by atoms with Crippen LogP contribution < -0.4 is 14.4 Å². The van der Waals surface area contributed by atoms with Crippen LogP contribution in [0.25, 0.3) is 5.76 Å². The summed E-state index contributed by atoms with van der Waals surface area (Å²) in [5, 5.41) is 20.1. The Balaban J connectivity index is 1.48. The van der Waals surface area contributed by atoms with E-state index >= 15 is 0 Å². The van der Waals surface area contributed by atoms with Crippen LogP contribution in [-0.4, -0.2) is 40.7 Å². The number of hydrogen-bond acceptors (Lipinski definition) is 9. The zero-order valence-corrected chi connectivity index (χ0v) is 24.6. The molecule has 0 aliphatic carbocycles. The number of halogens is 1. The lowest BCUT2D eigenvalue weighted by molar-refractivity contribution is -0.132. The fourth-order valence-corrected chi connectivity index (χ4v) is 6.24. The molecule has 1 fully saturated rings. The average molecular weight is 606 g/mol. The molecule has 0 radical (unpaired) electrons. The van der Waals surface area contributed by atoms with Crippen LogP contribution in [0.4, 0.5) is 9.52 Å². The Kier molecular flexibility index (Phi) is 9.19. The number of rotatable bonds is 11. The van der Waals surface area contributed by atoms with Gasteiger partial charge in [-0.2, -0.15) is 0 Å². The molecule has 1 unspecified atom stereocenters. The van der Waals surface area contributed by atoms with Crippen molar-refractivity contribution in [2.45, 2.75) is 35.9 Å². The van der Waals surface area contributed by atoms with E-state index in [4.69, 9.17) is 9.47 Å². The molecule has 1 amide bonds. The van der Waals surface area contributed by atoms with Crippen LogP contribution in [0.1, 0.15) is 42.5 Å². The SMILES string of the molecule is CCCCOc1ccc(C(O)=C2C(=O)C(=O)N(c3nnc(SCc4ccc(F)cc4)s3)C2c2ccc(OC)cc2)cc1. The van der Waals surface area contributed by atoms with E-state index in [1.807, 2.05) is 0 Å². The number of aromatic nitrogens is 2. The Labute approximate surface area is 250 Å². The van der Waals surface area contributed by atoms with Crippen molar-refractivity contribution in [3.63, 3.8) is 0 Å². The maximum Gasteiger partial charge on any atom is 0.301 e. The zero-order chi connectivity index (χ0) is 29.6. The second kappa shape index (κ2) is 13.2. The Hall–Kier alpha value is -4.22. The fourth-order valence-electron chi connectivity index (χ4n) is 4.41. The predicted octanol–water partition coefficient (Wildman–Crippen LogP) is 6.78. The monoisotopic (exact) mass is 605 g/mol. The van der Waals surface area contributed by atoms with Crippen LogP contribution in [0.3, 0.4) is 0 Å². The third-order valence-electron chi connectivity index (χ3n) is 6.65. The Morgan fingerprint density at radius 1 is 1.00 bits per heavy atom. The second-order valence-corrected chi connectivity index (χ2v) is 11.6. The first-order chi connectivity index (χ1) is 20.4. The van der Waals surface area contributed by atoms with Crippen molar-refractivity contribution in [1.82, 2.24) is 10.2 Å². The van der Waals surface area contributed by atoms with Crippen LogP contribution in [0.5, 0.6) is 11.5 Å². The predicted molar refractivity (Wildman–Crippen MR) is 160 cm³/mol. The average Bonchev–Trinajstić information content (AvgIpc) is 3.58. The van der Waals surface area contributed by atoms with Gasteiger partial charge in [0.25, 0.3) is 5.78 Å². The van der Waals surface area contributed by atoms with E-state index in [-0.39, 0.29) is 22.3 Å². The van der Waals surface area contributed by atoms with E-state index in [0.717, 1.165) is 29.7 Å². The van der Waals surface area contributed by atoms with Gasteiger partial charge in [0.15, 0.2) is 4.34 Å². The quantitative estimate of drug-likeness (QED) is 0.0499. The number of carbonyl (C=O) groups is 2. The number of aliphatic hydroxyl groups excluding tert-OH is 1. The summed E-state index contributed by atoms with van der Waals surface area (Å²) in [6.07, 6.45) is 1.93. The minimum absolute atomic E-state index is 0.0551. The zero-order valence-electron chi connectivity index (χ0n) is 23.0. The van der Waals surface area contributed by atoms with Gasteiger partial charge in [-0.25, -0.2) is 4.39 Å². The number of thioether (sulfide) groups is 1. The number of ether oxygens (including phenoxy) is 2. The van der Waals surface area contributed by atoms with Gasteiger partial charge in [0, 0.05) is 11.3 Å². The van der Waals surface area contributed by atoms with Crippen molar-refractivity contribution in [3.8, 4) is 11.5 Å². The number of methoxy groups -OCH3 is 1. The second-order valence-electron chi connectivity index (χ2n) is 9.43. The molecule has 4 aromatic rings. The molecular weight excluding hydrogens is 577 g/mol. The highest BCUT2D eigenvalue weighted by molar-refractivity contribution is 8.00. The van der Waals surface area contributed by atoms with Crippen LogP contribution in [0, 0.1) is 5.82 Å². The molecule has 8 nitrogen and oxygen atoms in total. The van der Waals surface area contributed by atoms with E-state index in [1.165, 1.54) is 28.8 Å². The van der Waals surface area contributed by atoms with Crippen molar-refractivity contribution in [1.29, 1.82) is 0 Å². The summed E-state index contributed by atoms with van der Waals surface area (Å²) in [7, 11) is 1.54. The number of amides is 1. The standard InChI is InChI=1S/C31H28FN3O5S2/c1-3-4-17-40-24-15-9-21(10-16-24)27(36)25-26(20-7-13-23(39-2)14-8-20)35(29(38)28(25)37)30-33-34-31(42-30)41-18-19-5-11-22(32)12-6-19/h5-16,26,36H,3-4,17-18H2,1-2H3. The maximum absolute atomic E-state index is 13.5. The molecule has 1 aromatic heterocycles. The van der Waals surface area contributed by atoms with E-state index in [1.54, 1.807) is 67.8 Å². The molecule has 2 heterocycles.